The van der Waals surface area contributed by atoms with Gasteiger partial charge in [-0.05, 0) is 116 Å². The molecule has 0 aliphatic rings. The summed E-state index contributed by atoms with van der Waals surface area (Å²) < 4.78 is 16.9. The molecule has 444 valence electrons. The average Bonchev–Trinajstić information content (AvgIpc) is 3.44. The first kappa shape index (κ1) is 73.8. The fraction of sp³-hybridized carbons (Fsp3) is 0.681. The van der Waals surface area contributed by atoms with Crippen LogP contribution in [0.3, 0.4) is 0 Å². The predicted molar refractivity (Wildman–Crippen MR) is 339 cm³/mol. The summed E-state index contributed by atoms with van der Waals surface area (Å²) in [7, 11) is 0. The maximum absolute atomic E-state index is 12.9. The maximum atomic E-state index is 12.9. The molecule has 0 spiro atoms. The van der Waals surface area contributed by atoms with Crippen molar-refractivity contribution in [2.24, 2.45) is 0 Å². The first-order chi connectivity index (χ1) is 38.5. The number of allylic oxidation sites excluding steroid dienone is 20. The number of ether oxygens (including phenoxy) is 3. The largest absolute Gasteiger partial charge is 0.462 e. The molecule has 1 unspecified atom stereocenters. The van der Waals surface area contributed by atoms with E-state index in [-0.39, 0.29) is 31.1 Å². The van der Waals surface area contributed by atoms with Crippen LogP contribution in [0.4, 0.5) is 0 Å². The van der Waals surface area contributed by atoms with Crippen molar-refractivity contribution in [1.82, 2.24) is 0 Å². The topological polar surface area (TPSA) is 78.9 Å². The van der Waals surface area contributed by atoms with E-state index in [1.807, 2.05) is 0 Å². The minimum absolute atomic E-state index is 0.0923. The molecule has 0 saturated heterocycles. The molecule has 78 heavy (non-hydrogen) atoms. The van der Waals surface area contributed by atoms with E-state index in [9.17, 15) is 14.4 Å². The Bertz CT molecular complexity index is 1620. The molecule has 0 amide bonds. The molecule has 0 bridgehead atoms. The van der Waals surface area contributed by atoms with E-state index in [4.69, 9.17) is 14.2 Å². The summed E-state index contributed by atoms with van der Waals surface area (Å²) in [5, 5.41) is 0. The minimum atomic E-state index is -0.797. The highest BCUT2D eigenvalue weighted by Gasteiger charge is 2.19. The molecule has 0 fully saturated rings. The third-order valence-electron chi connectivity index (χ3n) is 13.7. The highest BCUT2D eigenvalue weighted by atomic mass is 16.6. The summed E-state index contributed by atoms with van der Waals surface area (Å²) in [6.07, 6.45) is 90.6. The van der Waals surface area contributed by atoms with E-state index in [1.54, 1.807) is 0 Å². The van der Waals surface area contributed by atoms with Crippen molar-refractivity contribution in [1.29, 1.82) is 0 Å². The van der Waals surface area contributed by atoms with E-state index < -0.39 is 6.10 Å². The van der Waals surface area contributed by atoms with Gasteiger partial charge < -0.3 is 14.2 Å². The van der Waals surface area contributed by atoms with Crippen LogP contribution >= 0.6 is 0 Å². The van der Waals surface area contributed by atoms with Gasteiger partial charge in [-0.2, -0.15) is 0 Å². The molecule has 0 aliphatic heterocycles. The normalized spacial score (nSPS) is 12.9. The van der Waals surface area contributed by atoms with Crippen LogP contribution in [0.1, 0.15) is 297 Å². The van der Waals surface area contributed by atoms with Crippen molar-refractivity contribution in [2.45, 2.75) is 303 Å². The molecule has 0 aromatic carbocycles. The van der Waals surface area contributed by atoms with Crippen LogP contribution in [0.15, 0.2) is 122 Å². The molecule has 0 aromatic rings. The molecule has 0 radical (unpaired) electrons. The number of carbonyl (C=O) groups excluding carboxylic acids is 3. The van der Waals surface area contributed by atoms with Crippen molar-refractivity contribution in [3.05, 3.63) is 122 Å². The summed E-state index contributed by atoms with van der Waals surface area (Å²) in [6.45, 7) is 6.50. The van der Waals surface area contributed by atoms with Gasteiger partial charge in [0.1, 0.15) is 13.2 Å². The Morgan fingerprint density at radius 1 is 0.269 bits per heavy atom. The second kappa shape index (κ2) is 65.3. The highest BCUT2D eigenvalue weighted by molar-refractivity contribution is 5.71. The van der Waals surface area contributed by atoms with E-state index in [0.29, 0.717) is 19.3 Å². The maximum Gasteiger partial charge on any atom is 0.306 e. The lowest BCUT2D eigenvalue weighted by Gasteiger charge is -2.18. The molecule has 6 nitrogen and oxygen atoms in total. The van der Waals surface area contributed by atoms with Gasteiger partial charge in [0.15, 0.2) is 6.10 Å². The monoisotopic (exact) mass is 1080 g/mol. The Kier molecular flexibility index (Phi) is 61.8. The van der Waals surface area contributed by atoms with Gasteiger partial charge in [-0.1, -0.05) is 284 Å². The fourth-order valence-corrected chi connectivity index (χ4v) is 8.84. The first-order valence-electron chi connectivity index (χ1n) is 32.5. The molecule has 0 rings (SSSR count). The Labute approximate surface area is 482 Å². The minimum Gasteiger partial charge on any atom is -0.462 e. The zero-order valence-corrected chi connectivity index (χ0v) is 50.9. The molecule has 0 saturated carbocycles. The lowest BCUT2D eigenvalue weighted by molar-refractivity contribution is -0.167. The van der Waals surface area contributed by atoms with E-state index in [0.717, 1.165) is 128 Å². The van der Waals surface area contributed by atoms with E-state index >= 15 is 0 Å². The third-order valence-corrected chi connectivity index (χ3v) is 13.7. The quantitative estimate of drug-likeness (QED) is 0.0261. The molecule has 0 N–H and O–H groups in total. The Morgan fingerprint density at radius 2 is 0.500 bits per heavy atom. The molecule has 0 heterocycles. The lowest BCUT2D eigenvalue weighted by Crippen LogP contribution is -2.30. The zero-order chi connectivity index (χ0) is 56.4. The summed E-state index contributed by atoms with van der Waals surface area (Å²) in [5.41, 5.74) is 0. The molecule has 1 atom stereocenters. The first-order valence-corrected chi connectivity index (χ1v) is 32.5. The molecule has 0 aliphatic carbocycles. The van der Waals surface area contributed by atoms with Crippen LogP contribution < -0.4 is 0 Å². The van der Waals surface area contributed by atoms with Crippen LogP contribution in [0.25, 0.3) is 0 Å². The molecular weight excluding hydrogens is 961 g/mol. The van der Waals surface area contributed by atoms with Crippen molar-refractivity contribution >= 4 is 17.9 Å². The SMILES string of the molecule is CC/C=C\C/C=C\C/C=C\C/C=C\C/C=C\C/C=C\C/C=C\C/C=C\C/C=C\CCCCCC(=O)OCC(COC(=O)CCCCCCC/C=C\CCCCCCC)OC(=O)CCCCCCCCCCCCCCCCC. The third kappa shape index (κ3) is 62.7. The standard InChI is InChI=1S/C72H120O6/c1-4-7-10-13-16-19-22-25-28-29-30-31-32-33-34-35-36-37-38-39-40-41-42-43-45-47-50-53-56-59-62-65-71(74)77-68-69(67-76-70(73)64-61-58-55-52-49-46-27-24-21-18-15-12-9-6-3)78-72(75)66-63-60-57-54-51-48-44-26-23-20-17-14-11-8-5-2/h7,10,16,19,24-25,27-28,30-31,33-34,36-37,39-40,42-43,47,50,69H,4-6,8-9,11-15,17-18,20-23,26,29,32,35,38,41,44-46,48-49,51-68H2,1-3H3/b10-7-,19-16-,27-24-,28-25-,31-30-,34-33-,37-36-,40-39-,43-42-,50-47-. The summed E-state index contributed by atoms with van der Waals surface area (Å²) in [5.74, 6) is -0.927. The van der Waals surface area contributed by atoms with Crippen molar-refractivity contribution in [2.75, 3.05) is 13.2 Å². The van der Waals surface area contributed by atoms with Gasteiger partial charge in [0, 0.05) is 19.3 Å². The Hall–Kier alpha value is -4.19. The van der Waals surface area contributed by atoms with Gasteiger partial charge in [0.2, 0.25) is 0 Å². The summed E-state index contributed by atoms with van der Waals surface area (Å²) >= 11 is 0. The molecule has 0 aromatic heterocycles. The van der Waals surface area contributed by atoms with E-state index in [2.05, 4.69) is 142 Å². The van der Waals surface area contributed by atoms with Gasteiger partial charge >= 0.3 is 17.9 Å². The Balaban J connectivity index is 4.37. The summed E-state index contributed by atoms with van der Waals surface area (Å²) in [4.78, 5) is 38.3. The van der Waals surface area contributed by atoms with Gasteiger partial charge in [-0.25, -0.2) is 0 Å². The fourth-order valence-electron chi connectivity index (χ4n) is 8.84. The van der Waals surface area contributed by atoms with Crippen molar-refractivity contribution in [3.63, 3.8) is 0 Å². The average molecular weight is 1080 g/mol. The van der Waals surface area contributed by atoms with Gasteiger partial charge in [-0.3, -0.25) is 14.4 Å². The lowest BCUT2D eigenvalue weighted by atomic mass is 10.0. The number of unbranched alkanes of at least 4 members (excludes halogenated alkanes) is 27. The van der Waals surface area contributed by atoms with Crippen molar-refractivity contribution < 1.29 is 28.6 Å². The number of esters is 3. The number of hydrogen-bond acceptors (Lipinski definition) is 6. The smallest absolute Gasteiger partial charge is 0.306 e. The number of carbonyl (C=O) groups is 3. The molecule has 6 heteroatoms. The van der Waals surface area contributed by atoms with Crippen LogP contribution in [0.5, 0.6) is 0 Å². The van der Waals surface area contributed by atoms with Gasteiger partial charge in [-0.15, -0.1) is 0 Å². The van der Waals surface area contributed by atoms with Gasteiger partial charge in [0.05, 0.1) is 0 Å². The number of rotatable bonds is 58. The van der Waals surface area contributed by atoms with Gasteiger partial charge in [0.25, 0.3) is 0 Å². The van der Waals surface area contributed by atoms with Crippen LogP contribution in [0, 0.1) is 0 Å². The summed E-state index contributed by atoms with van der Waals surface area (Å²) in [6, 6.07) is 0. The van der Waals surface area contributed by atoms with Crippen LogP contribution in [-0.2, 0) is 28.6 Å². The second-order valence-corrected chi connectivity index (χ2v) is 21.3. The highest BCUT2D eigenvalue weighted by Crippen LogP contribution is 2.16. The number of hydrogen-bond donors (Lipinski definition) is 0. The second-order valence-electron chi connectivity index (χ2n) is 21.3. The zero-order valence-electron chi connectivity index (χ0n) is 50.9. The predicted octanol–water partition coefficient (Wildman–Crippen LogP) is 22.4. The van der Waals surface area contributed by atoms with Crippen molar-refractivity contribution in [3.8, 4) is 0 Å². The Morgan fingerprint density at radius 3 is 0.808 bits per heavy atom. The molecular formula is C72H120O6. The van der Waals surface area contributed by atoms with E-state index in [1.165, 1.54) is 128 Å². The van der Waals surface area contributed by atoms with Crippen LogP contribution in [0.2, 0.25) is 0 Å². The van der Waals surface area contributed by atoms with Crippen LogP contribution in [-0.4, -0.2) is 37.2 Å².